The number of thioether (sulfide) groups is 1. The van der Waals surface area contributed by atoms with E-state index >= 15 is 0 Å². The van der Waals surface area contributed by atoms with Crippen LogP contribution in [0.3, 0.4) is 0 Å². The Morgan fingerprint density at radius 2 is 1.94 bits per heavy atom. The van der Waals surface area contributed by atoms with Crippen LogP contribution in [0.15, 0.2) is 23.3 Å². The zero-order valence-corrected chi connectivity index (χ0v) is 11.1. The van der Waals surface area contributed by atoms with Gasteiger partial charge < -0.3 is 16.3 Å². The SMILES string of the molecule is Cc1cc(C)cc(OCCCSC(N)=NN)c1. The Hall–Kier alpha value is -1.36. The van der Waals surface area contributed by atoms with Crippen molar-refractivity contribution >= 4 is 16.9 Å². The largest absolute Gasteiger partial charge is 0.494 e. The van der Waals surface area contributed by atoms with Crippen LogP contribution in [0.1, 0.15) is 17.5 Å². The number of benzene rings is 1. The Bertz CT molecular complexity index is 373. The van der Waals surface area contributed by atoms with Gasteiger partial charge in [-0.2, -0.15) is 5.10 Å². The molecule has 0 atom stereocenters. The monoisotopic (exact) mass is 253 g/mol. The molecule has 1 aromatic carbocycles. The van der Waals surface area contributed by atoms with E-state index in [1.165, 1.54) is 22.9 Å². The summed E-state index contributed by atoms with van der Waals surface area (Å²) in [5.74, 6) is 6.80. The number of nitrogens with zero attached hydrogens (tertiary/aromatic N) is 1. The summed E-state index contributed by atoms with van der Waals surface area (Å²) in [5, 5.41) is 3.80. The average molecular weight is 253 g/mol. The van der Waals surface area contributed by atoms with Gasteiger partial charge in [0.2, 0.25) is 0 Å². The first-order valence-corrected chi connectivity index (χ1v) is 6.47. The average Bonchev–Trinajstić information content (AvgIpc) is 2.27. The first-order valence-electron chi connectivity index (χ1n) is 5.49. The molecule has 0 fully saturated rings. The number of hydrogen-bond donors (Lipinski definition) is 2. The number of ether oxygens (including phenoxy) is 1. The minimum atomic E-state index is 0.413. The minimum absolute atomic E-state index is 0.413. The Labute approximate surface area is 106 Å². The molecule has 5 heteroatoms. The maximum Gasteiger partial charge on any atom is 0.177 e. The van der Waals surface area contributed by atoms with Gasteiger partial charge in [0.25, 0.3) is 0 Å². The standard InChI is InChI=1S/C12H19N3OS/c1-9-6-10(2)8-11(7-9)16-4-3-5-17-12(13)15-14/h6-8H,3-5,14H2,1-2H3,(H2,13,15). The number of nitrogens with two attached hydrogens (primary N) is 2. The summed E-state index contributed by atoms with van der Waals surface area (Å²) in [5.41, 5.74) is 7.89. The molecule has 94 valence electrons. The third-order valence-corrected chi connectivity index (χ3v) is 3.02. The van der Waals surface area contributed by atoms with Crippen LogP contribution in [0.25, 0.3) is 0 Å². The highest BCUT2D eigenvalue weighted by Gasteiger charge is 1.98. The van der Waals surface area contributed by atoms with Crippen molar-refractivity contribution in [3.8, 4) is 5.75 Å². The number of amidine groups is 1. The van der Waals surface area contributed by atoms with Crippen LogP contribution in [0.2, 0.25) is 0 Å². The number of aryl methyl sites for hydroxylation is 2. The topological polar surface area (TPSA) is 73.6 Å². The first kappa shape index (κ1) is 13.7. The van der Waals surface area contributed by atoms with E-state index in [0.29, 0.717) is 11.8 Å². The number of rotatable bonds is 5. The lowest BCUT2D eigenvalue weighted by atomic mass is 10.1. The van der Waals surface area contributed by atoms with Gasteiger partial charge in [0.1, 0.15) is 5.75 Å². The fraction of sp³-hybridized carbons (Fsp3) is 0.417. The molecule has 0 aliphatic carbocycles. The van der Waals surface area contributed by atoms with E-state index in [4.69, 9.17) is 16.3 Å². The predicted molar refractivity (Wildman–Crippen MR) is 74.3 cm³/mol. The number of hydrazone groups is 1. The zero-order chi connectivity index (χ0) is 12.7. The maximum atomic E-state index is 5.66. The Morgan fingerprint density at radius 3 is 2.53 bits per heavy atom. The van der Waals surface area contributed by atoms with Crippen molar-refractivity contribution < 1.29 is 4.74 Å². The van der Waals surface area contributed by atoms with Crippen molar-refractivity contribution in [2.24, 2.45) is 16.7 Å². The van der Waals surface area contributed by atoms with Crippen LogP contribution in [-0.2, 0) is 0 Å². The van der Waals surface area contributed by atoms with Gasteiger partial charge in [-0.15, -0.1) is 0 Å². The lowest BCUT2D eigenvalue weighted by Crippen LogP contribution is -2.10. The second-order valence-electron chi connectivity index (χ2n) is 3.84. The third-order valence-electron chi connectivity index (χ3n) is 2.13. The van der Waals surface area contributed by atoms with Crippen molar-refractivity contribution in [3.63, 3.8) is 0 Å². The summed E-state index contributed by atoms with van der Waals surface area (Å²) < 4.78 is 5.66. The summed E-state index contributed by atoms with van der Waals surface area (Å²) in [7, 11) is 0. The molecule has 0 saturated carbocycles. The van der Waals surface area contributed by atoms with E-state index in [2.05, 4.69) is 25.0 Å². The van der Waals surface area contributed by atoms with Crippen LogP contribution in [0.5, 0.6) is 5.75 Å². The summed E-state index contributed by atoms with van der Waals surface area (Å²) in [6.45, 7) is 4.80. The molecule has 4 nitrogen and oxygen atoms in total. The van der Waals surface area contributed by atoms with Gasteiger partial charge in [-0.1, -0.05) is 17.8 Å². The van der Waals surface area contributed by atoms with Crippen LogP contribution in [-0.4, -0.2) is 17.5 Å². The highest BCUT2D eigenvalue weighted by Crippen LogP contribution is 2.16. The fourth-order valence-electron chi connectivity index (χ4n) is 1.48. The molecule has 0 unspecified atom stereocenters. The lowest BCUT2D eigenvalue weighted by molar-refractivity contribution is 0.318. The Morgan fingerprint density at radius 1 is 1.29 bits per heavy atom. The van der Waals surface area contributed by atoms with Crippen LogP contribution in [0, 0.1) is 13.8 Å². The second-order valence-corrected chi connectivity index (χ2v) is 4.96. The molecule has 0 aliphatic rings. The molecule has 0 heterocycles. The van der Waals surface area contributed by atoms with E-state index in [-0.39, 0.29) is 0 Å². The van der Waals surface area contributed by atoms with Crippen LogP contribution < -0.4 is 16.3 Å². The summed E-state index contributed by atoms with van der Waals surface area (Å²) in [6, 6.07) is 6.20. The Balaban J connectivity index is 2.26. The molecule has 0 amide bonds. The fourth-order valence-corrected chi connectivity index (χ4v) is 2.03. The first-order chi connectivity index (χ1) is 8.11. The van der Waals surface area contributed by atoms with Crippen molar-refractivity contribution in [3.05, 3.63) is 29.3 Å². The highest BCUT2D eigenvalue weighted by atomic mass is 32.2. The maximum absolute atomic E-state index is 5.66. The number of hydrogen-bond acceptors (Lipinski definition) is 4. The summed E-state index contributed by atoms with van der Waals surface area (Å²) in [6.07, 6.45) is 0.911. The van der Waals surface area contributed by atoms with E-state index in [1.807, 2.05) is 12.1 Å². The van der Waals surface area contributed by atoms with Gasteiger partial charge in [-0.25, -0.2) is 0 Å². The lowest BCUT2D eigenvalue weighted by Gasteiger charge is -2.07. The molecule has 0 bridgehead atoms. The predicted octanol–water partition coefficient (Wildman–Crippen LogP) is 1.99. The molecule has 1 rings (SSSR count). The van der Waals surface area contributed by atoms with Gasteiger partial charge in [-0.3, -0.25) is 0 Å². The van der Waals surface area contributed by atoms with Crippen molar-refractivity contribution in [2.45, 2.75) is 20.3 Å². The van der Waals surface area contributed by atoms with Gasteiger partial charge in [-0.05, 0) is 43.5 Å². The molecule has 0 spiro atoms. The zero-order valence-electron chi connectivity index (χ0n) is 10.3. The van der Waals surface area contributed by atoms with E-state index in [9.17, 15) is 0 Å². The van der Waals surface area contributed by atoms with Crippen molar-refractivity contribution in [1.82, 2.24) is 0 Å². The smallest absolute Gasteiger partial charge is 0.177 e. The molecule has 0 radical (unpaired) electrons. The molecular formula is C12H19N3OS. The minimum Gasteiger partial charge on any atom is -0.494 e. The van der Waals surface area contributed by atoms with Gasteiger partial charge in [0.05, 0.1) is 6.61 Å². The molecule has 0 aromatic heterocycles. The van der Waals surface area contributed by atoms with E-state index in [0.717, 1.165) is 17.9 Å². The van der Waals surface area contributed by atoms with Crippen molar-refractivity contribution in [1.29, 1.82) is 0 Å². The summed E-state index contributed by atoms with van der Waals surface area (Å²) in [4.78, 5) is 0. The Kier molecular flexibility index (Phi) is 5.69. The normalized spacial score (nSPS) is 11.5. The van der Waals surface area contributed by atoms with E-state index < -0.39 is 0 Å². The molecule has 1 aromatic rings. The molecule has 0 aliphatic heterocycles. The van der Waals surface area contributed by atoms with Gasteiger partial charge in [0, 0.05) is 5.75 Å². The van der Waals surface area contributed by atoms with Crippen LogP contribution in [0.4, 0.5) is 0 Å². The second kappa shape index (κ2) is 7.06. The summed E-state index contributed by atoms with van der Waals surface area (Å²) >= 11 is 1.44. The molecule has 4 N–H and O–H groups in total. The van der Waals surface area contributed by atoms with Crippen molar-refractivity contribution in [2.75, 3.05) is 12.4 Å². The highest BCUT2D eigenvalue weighted by molar-refractivity contribution is 8.13. The van der Waals surface area contributed by atoms with E-state index in [1.54, 1.807) is 0 Å². The quantitative estimate of drug-likeness (QED) is 0.277. The van der Waals surface area contributed by atoms with Gasteiger partial charge in [0.15, 0.2) is 5.17 Å². The molecule has 0 saturated heterocycles. The molecular weight excluding hydrogens is 234 g/mol. The third kappa shape index (κ3) is 5.49. The van der Waals surface area contributed by atoms with Gasteiger partial charge >= 0.3 is 0 Å². The molecule has 17 heavy (non-hydrogen) atoms. The van der Waals surface area contributed by atoms with Crippen LogP contribution >= 0.6 is 11.8 Å².